The van der Waals surface area contributed by atoms with Gasteiger partial charge in [0.15, 0.2) is 0 Å². The van der Waals surface area contributed by atoms with Gasteiger partial charge in [-0.3, -0.25) is 0 Å². The lowest BCUT2D eigenvalue weighted by Crippen LogP contribution is -2.12. The van der Waals surface area contributed by atoms with Crippen LogP contribution in [0.5, 0.6) is 0 Å². The number of hydrogen-bond acceptors (Lipinski definition) is 2. The fourth-order valence-corrected chi connectivity index (χ4v) is 9.25. The van der Waals surface area contributed by atoms with Crippen LogP contribution in [0.1, 0.15) is 0 Å². The van der Waals surface area contributed by atoms with Crippen molar-refractivity contribution in [2.24, 2.45) is 0 Å². The standard InChI is InChI=1S/C56H35NO/c1-2-14-39-35-56-52(32-38(39)13-1)51-33-41(27-31-55(51)58-56)46-18-9-10-23-53(46)57(54-34-40-15-4-6-17-45(40)48-19-7-8-20-50(48)54)42-28-24-37(25-29-42)44-21-11-22-47-43-16-5-3-12-36(43)26-30-49(44)47/h1-35H. The maximum atomic E-state index is 6.44. The molecule has 0 spiro atoms. The van der Waals surface area contributed by atoms with Crippen molar-refractivity contribution in [2.45, 2.75) is 0 Å². The summed E-state index contributed by atoms with van der Waals surface area (Å²) in [5.41, 5.74) is 9.80. The molecule has 1 aromatic heterocycles. The Morgan fingerprint density at radius 2 is 0.862 bits per heavy atom. The molecule has 0 radical (unpaired) electrons. The lowest BCUT2D eigenvalue weighted by atomic mass is 9.94. The third-order valence-corrected chi connectivity index (χ3v) is 12.0. The van der Waals surface area contributed by atoms with Gasteiger partial charge in [0.2, 0.25) is 0 Å². The molecular formula is C56H35NO. The van der Waals surface area contributed by atoms with Crippen molar-refractivity contribution in [3.8, 4) is 22.3 Å². The molecule has 12 aromatic rings. The van der Waals surface area contributed by atoms with Crippen molar-refractivity contribution in [3.05, 3.63) is 212 Å². The Kier molecular flexibility index (Phi) is 7.26. The molecule has 0 fully saturated rings. The molecule has 0 atom stereocenters. The molecule has 270 valence electrons. The summed E-state index contributed by atoms with van der Waals surface area (Å²) < 4.78 is 6.44. The van der Waals surface area contributed by atoms with Gasteiger partial charge < -0.3 is 9.32 Å². The minimum atomic E-state index is 0.890. The van der Waals surface area contributed by atoms with Gasteiger partial charge in [0.25, 0.3) is 0 Å². The molecule has 0 saturated carbocycles. The summed E-state index contributed by atoms with van der Waals surface area (Å²) in [6.07, 6.45) is 0. The molecule has 1 heterocycles. The first kappa shape index (κ1) is 32.6. The third kappa shape index (κ3) is 5.12. The molecule has 2 nitrogen and oxygen atoms in total. The van der Waals surface area contributed by atoms with E-state index in [0.717, 1.165) is 50.1 Å². The van der Waals surface area contributed by atoms with Gasteiger partial charge in [0.1, 0.15) is 11.2 Å². The Bertz CT molecular complexity index is 3580. The molecule has 0 N–H and O–H groups in total. The Morgan fingerprint density at radius 1 is 0.276 bits per heavy atom. The van der Waals surface area contributed by atoms with E-state index < -0.39 is 0 Å². The molecule has 0 amide bonds. The van der Waals surface area contributed by atoms with E-state index in [1.165, 1.54) is 65.0 Å². The van der Waals surface area contributed by atoms with Crippen LogP contribution in [0.25, 0.3) is 98.1 Å². The van der Waals surface area contributed by atoms with E-state index in [2.05, 4.69) is 217 Å². The van der Waals surface area contributed by atoms with Gasteiger partial charge in [0, 0.05) is 27.4 Å². The molecule has 2 heteroatoms. The van der Waals surface area contributed by atoms with Gasteiger partial charge in [-0.2, -0.15) is 0 Å². The number of furan rings is 1. The molecule has 0 saturated heterocycles. The third-order valence-electron chi connectivity index (χ3n) is 12.0. The highest BCUT2D eigenvalue weighted by Crippen LogP contribution is 2.47. The zero-order valence-corrected chi connectivity index (χ0v) is 31.6. The van der Waals surface area contributed by atoms with Crippen molar-refractivity contribution in [3.63, 3.8) is 0 Å². The second kappa shape index (κ2) is 12.9. The minimum absolute atomic E-state index is 0.890. The maximum absolute atomic E-state index is 6.44. The van der Waals surface area contributed by atoms with Crippen LogP contribution in [-0.2, 0) is 0 Å². The average Bonchev–Trinajstić information content (AvgIpc) is 3.65. The van der Waals surface area contributed by atoms with Crippen LogP contribution in [0, 0.1) is 0 Å². The van der Waals surface area contributed by atoms with Crippen LogP contribution < -0.4 is 4.90 Å². The van der Waals surface area contributed by atoms with Crippen molar-refractivity contribution in [2.75, 3.05) is 4.90 Å². The molecule has 11 aromatic carbocycles. The van der Waals surface area contributed by atoms with E-state index in [9.17, 15) is 0 Å². The van der Waals surface area contributed by atoms with E-state index in [4.69, 9.17) is 4.42 Å². The molecule has 0 aliphatic rings. The lowest BCUT2D eigenvalue weighted by Gasteiger charge is -2.30. The molecule has 0 aliphatic carbocycles. The molecule has 58 heavy (non-hydrogen) atoms. The second-order valence-corrected chi connectivity index (χ2v) is 15.3. The number of rotatable bonds is 5. The quantitative estimate of drug-likeness (QED) is 0.164. The first-order valence-electron chi connectivity index (χ1n) is 19.9. The van der Waals surface area contributed by atoms with Crippen molar-refractivity contribution < 1.29 is 4.42 Å². The summed E-state index contributed by atoms with van der Waals surface area (Å²) in [5, 5.41) is 14.6. The number of para-hydroxylation sites is 1. The van der Waals surface area contributed by atoms with Crippen molar-refractivity contribution in [1.82, 2.24) is 0 Å². The van der Waals surface area contributed by atoms with Gasteiger partial charge in [-0.05, 0) is 114 Å². The van der Waals surface area contributed by atoms with Crippen LogP contribution in [0.3, 0.4) is 0 Å². The molecule has 12 rings (SSSR count). The van der Waals surface area contributed by atoms with E-state index in [1.807, 2.05) is 0 Å². The molecule has 0 unspecified atom stereocenters. The highest BCUT2D eigenvalue weighted by Gasteiger charge is 2.21. The zero-order chi connectivity index (χ0) is 38.2. The first-order valence-corrected chi connectivity index (χ1v) is 19.9. The summed E-state index contributed by atoms with van der Waals surface area (Å²) in [6.45, 7) is 0. The number of benzene rings is 11. The van der Waals surface area contributed by atoms with Crippen LogP contribution in [0.15, 0.2) is 217 Å². The van der Waals surface area contributed by atoms with Gasteiger partial charge >= 0.3 is 0 Å². The fraction of sp³-hybridized carbons (Fsp3) is 0. The summed E-state index contributed by atoms with van der Waals surface area (Å²) in [6, 6.07) is 77.2. The van der Waals surface area contributed by atoms with Gasteiger partial charge in [-0.1, -0.05) is 164 Å². The summed E-state index contributed by atoms with van der Waals surface area (Å²) >= 11 is 0. The Balaban J connectivity index is 1.07. The highest BCUT2D eigenvalue weighted by molar-refractivity contribution is 6.16. The maximum Gasteiger partial charge on any atom is 0.136 e. The van der Waals surface area contributed by atoms with E-state index in [0.29, 0.717) is 0 Å². The van der Waals surface area contributed by atoms with Gasteiger partial charge in [0.05, 0.1) is 11.4 Å². The molecule has 0 bridgehead atoms. The van der Waals surface area contributed by atoms with Crippen LogP contribution >= 0.6 is 0 Å². The van der Waals surface area contributed by atoms with Gasteiger partial charge in [-0.25, -0.2) is 0 Å². The second-order valence-electron chi connectivity index (χ2n) is 15.3. The fourth-order valence-electron chi connectivity index (χ4n) is 9.25. The Hall–Kier alpha value is -7.68. The zero-order valence-electron chi connectivity index (χ0n) is 31.6. The summed E-state index contributed by atoms with van der Waals surface area (Å²) in [7, 11) is 0. The number of hydrogen-bond donors (Lipinski definition) is 0. The molecule has 0 aliphatic heterocycles. The first-order chi connectivity index (χ1) is 28.7. The summed E-state index contributed by atoms with van der Waals surface area (Å²) in [4.78, 5) is 2.45. The van der Waals surface area contributed by atoms with E-state index >= 15 is 0 Å². The molecular weight excluding hydrogens is 703 g/mol. The summed E-state index contributed by atoms with van der Waals surface area (Å²) in [5.74, 6) is 0. The van der Waals surface area contributed by atoms with Crippen LogP contribution in [0.2, 0.25) is 0 Å². The van der Waals surface area contributed by atoms with E-state index in [-0.39, 0.29) is 0 Å². The minimum Gasteiger partial charge on any atom is -0.456 e. The van der Waals surface area contributed by atoms with Crippen LogP contribution in [-0.4, -0.2) is 0 Å². The topological polar surface area (TPSA) is 16.4 Å². The lowest BCUT2D eigenvalue weighted by molar-refractivity contribution is 0.669. The average molecular weight is 738 g/mol. The van der Waals surface area contributed by atoms with Crippen molar-refractivity contribution in [1.29, 1.82) is 0 Å². The monoisotopic (exact) mass is 737 g/mol. The van der Waals surface area contributed by atoms with Crippen LogP contribution in [0.4, 0.5) is 17.1 Å². The number of anilines is 3. The van der Waals surface area contributed by atoms with Crippen molar-refractivity contribution >= 4 is 92.9 Å². The number of nitrogens with zero attached hydrogens (tertiary/aromatic N) is 1. The van der Waals surface area contributed by atoms with E-state index in [1.54, 1.807) is 0 Å². The largest absolute Gasteiger partial charge is 0.456 e. The Labute approximate surface area is 335 Å². The number of fused-ring (bicyclic) bond motifs is 10. The normalized spacial score (nSPS) is 11.8. The highest BCUT2D eigenvalue weighted by atomic mass is 16.3. The smallest absolute Gasteiger partial charge is 0.136 e. The predicted octanol–water partition coefficient (Wildman–Crippen LogP) is 16.2. The predicted molar refractivity (Wildman–Crippen MR) is 247 cm³/mol. The SMILES string of the molecule is c1ccc(N(c2ccc(-c3cccc4c3ccc3ccccc34)cc2)c2cc3ccccc3c3ccccc23)c(-c2ccc3oc4cc5ccccc5cc4c3c2)c1. The van der Waals surface area contributed by atoms with Gasteiger partial charge in [-0.15, -0.1) is 0 Å². The Morgan fingerprint density at radius 3 is 1.69 bits per heavy atom.